The summed E-state index contributed by atoms with van der Waals surface area (Å²) in [5, 5.41) is 6.37. The number of amides is 1. The molecule has 5 rings (SSSR count). The Morgan fingerprint density at radius 3 is 2.24 bits per heavy atom. The molecule has 10 heteroatoms. The summed E-state index contributed by atoms with van der Waals surface area (Å²) in [6, 6.07) is 11.4. The van der Waals surface area contributed by atoms with E-state index in [1.165, 1.54) is 0 Å². The van der Waals surface area contributed by atoms with Crippen LogP contribution in [0.1, 0.15) is 43.1 Å². The average molecular weight is 503 g/mol. The summed E-state index contributed by atoms with van der Waals surface area (Å²) in [4.78, 5) is 26.7. The molecule has 2 heterocycles. The molecule has 1 aliphatic rings. The van der Waals surface area contributed by atoms with Gasteiger partial charge in [0, 0.05) is 41.0 Å². The Balaban J connectivity index is 1.56. The maximum absolute atomic E-state index is 12.4. The summed E-state index contributed by atoms with van der Waals surface area (Å²) in [5.41, 5.74) is 3.41. The number of benzene rings is 2. The number of anilines is 2. The Morgan fingerprint density at radius 2 is 1.68 bits per heavy atom. The number of methoxy groups -OCH3 is 3. The van der Waals surface area contributed by atoms with Gasteiger partial charge in [-0.15, -0.1) is 0 Å². The maximum Gasteiger partial charge on any atom is 0.251 e. The number of hydrogen-bond acceptors (Lipinski definition) is 8. The highest BCUT2D eigenvalue weighted by molar-refractivity contribution is 5.95. The highest BCUT2D eigenvalue weighted by Crippen LogP contribution is 2.41. The van der Waals surface area contributed by atoms with E-state index in [2.05, 4.69) is 29.5 Å². The van der Waals surface area contributed by atoms with E-state index in [0.29, 0.717) is 57.3 Å². The molecule has 192 valence electrons. The SMILES string of the molecule is COc1cc(Nc2nc(-c3ccc(C(=O)NC4CC4)cc3)nc3c2ncn3C(C)C)cc(OC)c1OC. The highest BCUT2D eigenvalue weighted by atomic mass is 16.5. The van der Waals surface area contributed by atoms with E-state index in [-0.39, 0.29) is 11.9 Å². The van der Waals surface area contributed by atoms with Gasteiger partial charge < -0.3 is 29.4 Å². The van der Waals surface area contributed by atoms with Gasteiger partial charge in [0.2, 0.25) is 5.75 Å². The minimum atomic E-state index is -0.0620. The summed E-state index contributed by atoms with van der Waals surface area (Å²) in [6.45, 7) is 4.14. The number of ether oxygens (including phenoxy) is 3. The van der Waals surface area contributed by atoms with Crippen molar-refractivity contribution < 1.29 is 19.0 Å². The van der Waals surface area contributed by atoms with Gasteiger partial charge in [0.15, 0.2) is 34.3 Å². The van der Waals surface area contributed by atoms with E-state index in [9.17, 15) is 4.79 Å². The minimum Gasteiger partial charge on any atom is -0.493 e. The molecule has 2 aromatic heterocycles. The summed E-state index contributed by atoms with van der Waals surface area (Å²) in [7, 11) is 4.70. The molecule has 0 spiro atoms. The predicted molar refractivity (Wildman–Crippen MR) is 141 cm³/mol. The lowest BCUT2D eigenvalue weighted by molar-refractivity contribution is 0.0951. The fourth-order valence-electron chi connectivity index (χ4n) is 4.07. The molecule has 2 aromatic carbocycles. The van der Waals surface area contributed by atoms with Crippen LogP contribution in [0.25, 0.3) is 22.6 Å². The molecule has 0 atom stereocenters. The number of rotatable bonds is 9. The number of carbonyl (C=O) groups excluding carboxylic acids is 1. The van der Waals surface area contributed by atoms with Crippen LogP contribution in [0.2, 0.25) is 0 Å². The summed E-state index contributed by atoms with van der Waals surface area (Å²) in [6.07, 6.45) is 3.85. The van der Waals surface area contributed by atoms with Gasteiger partial charge >= 0.3 is 0 Å². The van der Waals surface area contributed by atoms with Crippen LogP contribution in [-0.2, 0) is 0 Å². The molecule has 2 N–H and O–H groups in total. The number of nitrogens with one attached hydrogen (secondary N) is 2. The van der Waals surface area contributed by atoms with Crippen LogP contribution in [0.4, 0.5) is 11.5 Å². The molecule has 37 heavy (non-hydrogen) atoms. The molecule has 1 saturated carbocycles. The number of nitrogens with zero attached hydrogens (tertiary/aromatic N) is 4. The van der Waals surface area contributed by atoms with Gasteiger partial charge in [-0.1, -0.05) is 12.1 Å². The van der Waals surface area contributed by atoms with Gasteiger partial charge in [-0.2, -0.15) is 0 Å². The molecular formula is C27H30N6O4. The quantitative estimate of drug-likeness (QED) is 0.338. The van der Waals surface area contributed by atoms with Crippen LogP contribution < -0.4 is 24.8 Å². The smallest absolute Gasteiger partial charge is 0.251 e. The van der Waals surface area contributed by atoms with E-state index < -0.39 is 0 Å². The van der Waals surface area contributed by atoms with Crippen molar-refractivity contribution in [1.82, 2.24) is 24.8 Å². The fraction of sp³-hybridized carbons (Fsp3) is 0.333. The molecule has 10 nitrogen and oxygen atoms in total. The molecular weight excluding hydrogens is 472 g/mol. The molecule has 4 aromatic rings. The van der Waals surface area contributed by atoms with Crippen molar-refractivity contribution in [2.45, 2.75) is 38.8 Å². The van der Waals surface area contributed by atoms with Gasteiger partial charge in [-0.3, -0.25) is 4.79 Å². The van der Waals surface area contributed by atoms with Crippen molar-refractivity contribution in [3.05, 3.63) is 48.3 Å². The lowest BCUT2D eigenvalue weighted by Crippen LogP contribution is -2.25. The van der Waals surface area contributed by atoms with Crippen molar-refractivity contribution >= 4 is 28.6 Å². The van der Waals surface area contributed by atoms with E-state index in [4.69, 9.17) is 24.2 Å². The van der Waals surface area contributed by atoms with Crippen molar-refractivity contribution in [2.75, 3.05) is 26.6 Å². The van der Waals surface area contributed by atoms with Crippen LogP contribution in [0, 0.1) is 0 Å². The van der Waals surface area contributed by atoms with Crippen LogP contribution in [0.5, 0.6) is 17.2 Å². The van der Waals surface area contributed by atoms with E-state index >= 15 is 0 Å². The number of aromatic nitrogens is 4. The first-order valence-electron chi connectivity index (χ1n) is 12.1. The van der Waals surface area contributed by atoms with Crippen LogP contribution in [0.15, 0.2) is 42.7 Å². The number of hydrogen-bond donors (Lipinski definition) is 2. The normalized spacial score (nSPS) is 13.0. The molecule has 0 radical (unpaired) electrons. The average Bonchev–Trinajstić information content (AvgIpc) is 3.61. The standard InChI is InChI=1S/C27H30N6O4/c1-15(2)33-14-28-22-25(29-19-12-20(35-3)23(37-5)21(13-19)36-4)31-24(32-26(22)33)16-6-8-17(9-7-16)27(34)30-18-10-11-18/h6-9,12-15,18H,10-11H2,1-5H3,(H,30,34)(H,29,31,32). The first kappa shape index (κ1) is 24.4. The Morgan fingerprint density at radius 1 is 1.00 bits per heavy atom. The van der Waals surface area contributed by atoms with Crippen molar-refractivity contribution in [3.63, 3.8) is 0 Å². The second-order valence-electron chi connectivity index (χ2n) is 9.18. The lowest BCUT2D eigenvalue weighted by atomic mass is 10.1. The molecule has 0 aliphatic heterocycles. The topological polar surface area (TPSA) is 112 Å². The Labute approximate surface area is 215 Å². The molecule has 1 fully saturated rings. The van der Waals surface area contributed by atoms with Crippen LogP contribution >= 0.6 is 0 Å². The summed E-state index contributed by atoms with van der Waals surface area (Å²) >= 11 is 0. The zero-order chi connectivity index (χ0) is 26.1. The second-order valence-corrected chi connectivity index (χ2v) is 9.18. The zero-order valence-electron chi connectivity index (χ0n) is 21.5. The highest BCUT2D eigenvalue weighted by Gasteiger charge is 2.24. The van der Waals surface area contributed by atoms with Gasteiger partial charge in [0.05, 0.1) is 27.7 Å². The minimum absolute atomic E-state index is 0.0620. The van der Waals surface area contributed by atoms with Gasteiger partial charge in [0.25, 0.3) is 5.91 Å². The number of carbonyl (C=O) groups is 1. The first-order valence-corrected chi connectivity index (χ1v) is 12.1. The van der Waals surface area contributed by atoms with Crippen molar-refractivity contribution in [1.29, 1.82) is 0 Å². The van der Waals surface area contributed by atoms with E-state index in [1.807, 2.05) is 28.8 Å². The molecule has 0 bridgehead atoms. The van der Waals surface area contributed by atoms with Gasteiger partial charge in [-0.05, 0) is 38.8 Å². The first-order chi connectivity index (χ1) is 17.9. The molecule has 0 unspecified atom stereocenters. The van der Waals surface area contributed by atoms with Gasteiger partial charge in [-0.25, -0.2) is 15.0 Å². The maximum atomic E-state index is 12.4. The predicted octanol–water partition coefficient (Wildman–Crippen LogP) is 4.74. The monoisotopic (exact) mass is 502 g/mol. The second kappa shape index (κ2) is 9.96. The third kappa shape index (κ3) is 4.87. The molecule has 1 amide bonds. The Bertz CT molecular complexity index is 1420. The third-order valence-electron chi connectivity index (χ3n) is 6.22. The zero-order valence-corrected chi connectivity index (χ0v) is 21.5. The Kier molecular flexibility index (Phi) is 6.56. The van der Waals surface area contributed by atoms with E-state index in [1.54, 1.807) is 39.8 Å². The van der Waals surface area contributed by atoms with E-state index in [0.717, 1.165) is 18.4 Å². The third-order valence-corrected chi connectivity index (χ3v) is 6.22. The molecule has 0 saturated heterocycles. The van der Waals surface area contributed by atoms with Crippen LogP contribution in [0.3, 0.4) is 0 Å². The summed E-state index contributed by atoms with van der Waals surface area (Å²) < 4.78 is 18.4. The van der Waals surface area contributed by atoms with Crippen molar-refractivity contribution in [2.24, 2.45) is 0 Å². The fourth-order valence-corrected chi connectivity index (χ4v) is 4.07. The Hall–Kier alpha value is -4.34. The largest absolute Gasteiger partial charge is 0.493 e. The van der Waals surface area contributed by atoms with Crippen molar-refractivity contribution in [3.8, 4) is 28.6 Å². The van der Waals surface area contributed by atoms with Crippen LogP contribution in [-0.4, -0.2) is 52.8 Å². The number of fused-ring (bicyclic) bond motifs is 1. The summed E-state index contributed by atoms with van der Waals surface area (Å²) in [5.74, 6) is 2.51. The molecule has 1 aliphatic carbocycles. The lowest BCUT2D eigenvalue weighted by Gasteiger charge is -2.15. The number of imidazole rings is 1. The van der Waals surface area contributed by atoms with Gasteiger partial charge in [0.1, 0.15) is 0 Å².